The van der Waals surface area contributed by atoms with Crippen LogP contribution >= 0.6 is 15.9 Å². The second-order valence-corrected chi connectivity index (χ2v) is 7.54. The number of likely N-dealkylation sites (tertiary alicyclic amines) is 1. The summed E-state index contributed by atoms with van der Waals surface area (Å²) in [4.78, 5) is 5.12. The first-order valence-corrected chi connectivity index (χ1v) is 8.86. The van der Waals surface area contributed by atoms with Crippen LogP contribution in [0.4, 0.5) is 5.69 Å². The van der Waals surface area contributed by atoms with Crippen LogP contribution in [0.15, 0.2) is 22.7 Å². The highest BCUT2D eigenvalue weighted by Crippen LogP contribution is 2.35. The number of benzene rings is 1. The van der Waals surface area contributed by atoms with Gasteiger partial charge in [-0.2, -0.15) is 0 Å². The molecule has 2 N–H and O–H groups in total. The molecule has 2 heterocycles. The van der Waals surface area contributed by atoms with Gasteiger partial charge in [0.05, 0.1) is 5.69 Å². The highest BCUT2D eigenvalue weighted by Gasteiger charge is 2.34. The van der Waals surface area contributed by atoms with E-state index in [1.54, 1.807) is 0 Å². The van der Waals surface area contributed by atoms with Crippen molar-refractivity contribution >= 4 is 21.6 Å². The van der Waals surface area contributed by atoms with Gasteiger partial charge in [-0.3, -0.25) is 0 Å². The Morgan fingerprint density at radius 1 is 1.29 bits per heavy atom. The van der Waals surface area contributed by atoms with Gasteiger partial charge >= 0.3 is 0 Å². The topological polar surface area (TPSA) is 32.5 Å². The number of fused-ring (bicyclic) bond motifs is 1. The first-order valence-electron chi connectivity index (χ1n) is 8.06. The van der Waals surface area contributed by atoms with Gasteiger partial charge in [0, 0.05) is 29.6 Å². The van der Waals surface area contributed by atoms with Crippen molar-refractivity contribution in [3.8, 4) is 0 Å². The van der Waals surface area contributed by atoms with E-state index >= 15 is 0 Å². The molecule has 0 saturated carbocycles. The molecule has 0 aromatic heterocycles. The van der Waals surface area contributed by atoms with E-state index in [2.05, 4.69) is 51.0 Å². The molecule has 1 aromatic rings. The predicted molar refractivity (Wildman–Crippen MR) is 92.7 cm³/mol. The third-order valence-corrected chi connectivity index (χ3v) is 5.82. The van der Waals surface area contributed by atoms with E-state index in [-0.39, 0.29) is 6.04 Å². The summed E-state index contributed by atoms with van der Waals surface area (Å²) >= 11 is 3.74. The quantitative estimate of drug-likeness (QED) is 0.886. The lowest BCUT2D eigenvalue weighted by Crippen LogP contribution is -2.52. The van der Waals surface area contributed by atoms with Gasteiger partial charge < -0.3 is 15.5 Å². The molecule has 2 saturated heterocycles. The summed E-state index contributed by atoms with van der Waals surface area (Å²) in [5.41, 5.74) is 8.49. The van der Waals surface area contributed by atoms with Gasteiger partial charge in [-0.15, -0.1) is 0 Å². The van der Waals surface area contributed by atoms with E-state index in [1.807, 2.05) is 6.92 Å². The molecule has 1 aromatic carbocycles. The van der Waals surface area contributed by atoms with Crippen LogP contribution in [0.1, 0.15) is 37.8 Å². The second-order valence-electron chi connectivity index (χ2n) is 6.68. The number of hydrogen-bond acceptors (Lipinski definition) is 3. The minimum Gasteiger partial charge on any atom is -0.370 e. The second kappa shape index (κ2) is 6.27. The molecule has 3 atom stereocenters. The number of rotatable bonds is 2. The molecule has 21 heavy (non-hydrogen) atoms. The van der Waals surface area contributed by atoms with Gasteiger partial charge in [0.2, 0.25) is 0 Å². The molecule has 116 valence electrons. The van der Waals surface area contributed by atoms with Gasteiger partial charge in [0.1, 0.15) is 0 Å². The fourth-order valence-electron chi connectivity index (χ4n) is 3.93. The Labute approximate surface area is 136 Å². The van der Waals surface area contributed by atoms with Crippen LogP contribution < -0.4 is 10.6 Å². The number of nitrogens with zero attached hydrogens (tertiary/aromatic N) is 2. The zero-order chi connectivity index (χ0) is 15.0. The molecule has 3 rings (SSSR count). The molecule has 0 bridgehead atoms. The smallest absolute Gasteiger partial charge is 0.0510 e. The SMILES string of the molecule is C[C@H](N)c1ccc(N2CCC3C(CCCN3C)C2)c(Br)c1. The van der Waals surface area contributed by atoms with Crippen molar-refractivity contribution < 1.29 is 0 Å². The van der Waals surface area contributed by atoms with E-state index in [9.17, 15) is 0 Å². The van der Waals surface area contributed by atoms with Crippen molar-refractivity contribution in [2.24, 2.45) is 11.7 Å². The van der Waals surface area contributed by atoms with Crippen LogP contribution in [0, 0.1) is 5.92 Å². The number of nitrogens with two attached hydrogens (primary N) is 1. The lowest BCUT2D eigenvalue weighted by atomic mass is 9.84. The zero-order valence-corrected chi connectivity index (χ0v) is 14.6. The molecule has 0 radical (unpaired) electrons. The molecule has 3 nitrogen and oxygen atoms in total. The Kier molecular flexibility index (Phi) is 4.57. The Morgan fingerprint density at radius 3 is 2.81 bits per heavy atom. The monoisotopic (exact) mass is 351 g/mol. The van der Waals surface area contributed by atoms with E-state index in [1.165, 1.54) is 48.1 Å². The van der Waals surface area contributed by atoms with Crippen molar-refractivity contribution in [2.45, 2.75) is 38.3 Å². The highest BCUT2D eigenvalue weighted by molar-refractivity contribution is 9.10. The van der Waals surface area contributed by atoms with Gasteiger partial charge in [-0.05, 0) is 79.3 Å². The maximum Gasteiger partial charge on any atom is 0.0510 e. The minimum atomic E-state index is 0.0908. The van der Waals surface area contributed by atoms with Crippen molar-refractivity contribution in [3.05, 3.63) is 28.2 Å². The third-order valence-electron chi connectivity index (χ3n) is 5.18. The molecule has 4 heteroatoms. The first-order chi connectivity index (χ1) is 10.1. The average molecular weight is 352 g/mol. The van der Waals surface area contributed by atoms with Gasteiger partial charge in [0.25, 0.3) is 0 Å². The molecule has 2 aliphatic rings. The van der Waals surface area contributed by atoms with E-state index in [0.29, 0.717) is 0 Å². The van der Waals surface area contributed by atoms with Gasteiger partial charge in [-0.25, -0.2) is 0 Å². The average Bonchev–Trinajstić information content (AvgIpc) is 2.47. The normalized spacial score (nSPS) is 28.3. The first kappa shape index (κ1) is 15.3. The van der Waals surface area contributed by atoms with Crippen LogP contribution in [-0.4, -0.2) is 37.6 Å². The summed E-state index contributed by atoms with van der Waals surface area (Å²) in [6.07, 6.45) is 4.00. The van der Waals surface area contributed by atoms with Gasteiger partial charge in [0.15, 0.2) is 0 Å². The molecule has 2 unspecified atom stereocenters. The van der Waals surface area contributed by atoms with E-state index in [4.69, 9.17) is 5.73 Å². The number of halogens is 1. The zero-order valence-electron chi connectivity index (χ0n) is 13.1. The van der Waals surface area contributed by atoms with Crippen molar-refractivity contribution in [3.63, 3.8) is 0 Å². The fourth-order valence-corrected chi connectivity index (χ4v) is 4.58. The van der Waals surface area contributed by atoms with Crippen LogP contribution in [0.3, 0.4) is 0 Å². The summed E-state index contributed by atoms with van der Waals surface area (Å²) in [6, 6.07) is 7.46. The molecule has 2 fully saturated rings. The Hall–Kier alpha value is -0.580. The summed E-state index contributed by atoms with van der Waals surface area (Å²) in [5, 5.41) is 0. The number of anilines is 1. The summed E-state index contributed by atoms with van der Waals surface area (Å²) in [5.74, 6) is 0.817. The van der Waals surface area contributed by atoms with Gasteiger partial charge in [-0.1, -0.05) is 6.07 Å². The number of hydrogen-bond donors (Lipinski definition) is 1. The van der Waals surface area contributed by atoms with Crippen LogP contribution in [0.2, 0.25) is 0 Å². The Morgan fingerprint density at radius 2 is 2.10 bits per heavy atom. The number of piperidine rings is 2. The largest absolute Gasteiger partial charge is 0.370 e. The van der Waals surface area contributed by atoms with Crippen molar-refractivity contribution in [1.29, 1.82) is 0 Å². The summed E-state index contributed by atoms with van der Waals surface area (Å²) in [7, 11) is 2.29. The molecule has 0 amide bonds. The van der Waals surface area contributed by atoms with Crippen molar-refractivity contribution in [1.82, 2.24) is 4.90 Å². The molecule has 0 aliphatic carbocycles. The highest BCUT2D eigenvalue weighted by atomic mass is 79.9. The van der Waals surface area contributed by atoms with E-state index < -0.39 is 0 Å². The molecular weight excluding hydrogens is 326 g/mol. The maximum atomic E-state index is 5.97. The fraction of sp³-hybridized carbons (Fsp3) is 0.647. The van der Waals surface area contributed by atoms with E-state index in [0.717, 1.165) is 18.5 Å². The predicted octanol–water partition coefficient (Wildman–Crippen LogP) is 3.39. The standard InChI is InChI=1S/C17H26BrN3/c1-12(19)13-5-6-17(15(18)10-13)21-9-7-16-14(11-21)4-3-8-20(16)2/h5-6,10,12,14,16H,3-4,7-9,11,19H2,1-2H3/t12-,14?,16?/m0/s1. The summed E-state index contributed by atoms with van der Waals surface area (Å²) in [6.45, 7) is 5.64. The summed E-state index contributed by atoms with van der Waals surface area (Å²) < 4.78 is 1.18. The molecule has 0 spiro atoms. The molecular formula is C17H26BrN3. The third kappa shape index (κ3) is 3.13. The van der Waals surface area contributed by atoms with Crippen LogP contribution in [0.5, 0.6) is 0 Å². The van der Waals surface area contributed by atoms with Crippen LogP contribution in [0.25, 0.3) is 0 Å². The minimum absolute atomic E-state index is 0.0908. The van der Waals surface area contributed by atoms with Crippen LogP contribution in [-0.2, 0) is 0 Å². The Balaban J connectivity index is 1.76. The van der Waals surface area contributed by atoms with Crippen molar-refractivity contribution in [2.75, 3.05) is 31.6 Å². The Bertz CT molecular complexity index is 503. The lowest BCUT2D eigenvalue weighted by Gasteiger charge is -2.46. The maximum absolute atomic E-state index is 5.97. The molecule has 2 aliphatic heterocycles. The lowest BCUT2D eigenvalue weighted by molar-refractivity contribution is 0.102.